The van der Waals surface area contributed by atoms with Gasteiger partial charge >= 0.3 is 6.61 Å². The van der Waals surface area contributed by atoms with E-state index in [1.807, 2.05) is 19.9 Å². The highest BCUT2D eigenvalue weighted by atomic mass is 19.3. The number of alkyl halides is 2. The molecule has 1 aromatic heterocycles. The highest BCUT2D eigenvalue weighted by Gasteiger charge is 2.58. The van der Waals surface area contributed by atoms with Crippen molar-refractivity contribution < 1.29 is 18.3 Å². The molecule has 4 rings (SSSR count). The van der Waals surface area contributed by atoms with Crippen LogP contribution in [0.1, 0.15) is 45.1 Å². The van der Waals surface area contributed by atoms with E-state index in [0.29, 0.717) is 41.2 Å². The van der Waals surface area contributed by atoms with E-state index >= 15 is 0 Å². The summed E-state index contributed by atoms with van der Waals surface area (Å²) in [6.07, 6.45) is 8.34. The van der Waals surface area contributed by atoms with E-state index in [-0.39, 0.29) is 17.6 Å². The zero-order valence-electron chi connectivity index (χ0n) is 19.6. The molecule has 3 fully saturated rings. The van der Waals surface area contributed by atoms with Crippen LogP contribution < -0.4 is 16.2 Å². The molecule has 4 N–H and O–H groups in total. The van der Waals surface area contributed by atoms with Gasteiger partial charge in [-0.2, -0.15) is 8.78 Å². The lowest BCUT2D eigenvalue weighted by Crippen LogP contribution is -2.43. The molecule has 2 saturated carbocycles. The number of piperidine rings is 1. The quantitative estimate of drug-likeness (QED) is 0.572. The molecule has 2 unspecified atom stereocenters. The van der Waals surface area contributed by atoms with Crippen LogP contribution in [-0.2, 0) is 4.74 Å². The molecule has 0 amide bonds. The van der Waals surface area contributed by atoms with Crippen LogP contribution in [0.2, 0.25) is 0 Å². The molecule has 2 heterocycles. The minimum Gasteiger partial charge on any atom is -0.431 e. The summed E-state index contributed by atoms with van der Waals surface area (Å²) in [4.78, 5) is 11.5. The normalized spacial score (nSPS) is 29.1. The summed E-state index contributed by atoms with van der Waals surface area (Å²) in [5.41, 5.74) is 13.9. The Morgan fingerprint density at radius 1 is 1.24 bits per heavy atom. The molecule has 0 bridgehead atoms. The molecule has 3 aliphatic rings. The summed E-state index contributed by atoms with van der Waals surface area (Å²) in [5.74, 6) is 1.37. The van der Waals surface area contributed by atoms with Crippen molar-refractivity contribution in [3.63, 3.8) is 0 Å². The predicted molar refractivity (Wildman–Crippen MR) is 125 cm³/mol. The molecule has 1 aliphatic heterocycles. The summed E-state index contributed by atoms with van der Waals surface area (Å²) in [6, 6.07) is 2.18. The number of nitrogens with zero attached hydrogens (tertiary/aromatic N) is 3. The molecular formula is C24H35F2N5O2. The van der Waals surface area contributed by atoms with Crippen LogP contribution in [0.4, 0.5) is 14.6 Å². The molecule has 2 aliphatic carbocycles. The Hall–Kier alpha value is -2.26. The lowest BCUT2D eigenvalue weighted by molar-refractivity contribution is -0.0495. The van der Waals surface area contributed by atoms with Gasteiger partial charge in [-0.1, -0.05) is 0 Å². The van der Waals surface area contributed by atoms with Crippen molar-refractivity contribution in [2.24, 2.45) is 28.5 Å². The number of halogens is 2. The number of hydrogen-bond acceptors (Lipinski definition) is 7. The molecule has 1 aromatic rings. The largest absolute Gasteiger partial charge is 0.431 e. The highest BCUT2D eigenvalue weighted by molar-refractivity contribution is 6.04. The topological polar surface area (TPSA) is 99.0 Å². The fourth-order valence-corrected chi connectivity index (χ4v) is 5.59. The predicted octanol–water partition coefficient (Wildman–Crippen LogP) is 3.55. The standard InChI is InChI=1S/C24H35F2N5O2/c1-13(2)30-20(11-19(27)14-8-21(33-24(25)26)23(28)29-12-14)22-17-9-15(10-18(17)22)31-6-4-16(32-3)5-7-31/h8,11-13,15-18,22,24H,4-7,9-10,27H2,1-3H3,(H2,28,29)/t15?,17-,18+,22?. The van der Waals surface area contributed by atoms with Gasteiger partial charge in [0, 0.05) is 61.4 Å². The zero-order chi connectivity index (χ0) is 23.7. The van der Waals surface area contributed by atoms with Crippen molar-refractivity contribution in [2.45, 2.75) is 64.3 Å². The molecule has 0 radical (unpaired) electrons. The third-order valence-electron chi connectivity index (χ3n) is 7.23. The Bertz CT molecular complexity index is 887. The number of rotatable bonds is 8. The van der Waals surface area contributed by atoms with Gasteiger partial charge in [0.05, 0.1) is 6.10 Å². The van der Waals surface area contributed by atoms with Crippen molar-refractivity contribution in [1.82, 2.24) is 9.88 Å². The van der Waals surface area contributed by atoms with Crippen LogP contribution >= 0.6 is 0 Å². The van der Waals surface area contributed by atoms with Gasteiger partial charge in [0.1, 0.15) is 0 Å². The Balaban J connectivity index is 1.44. The van der Waals surface area contributed by atoms with Gasteiger partial charge < -0.3 is 25.8 Å². The van der Waals surface area contributed by atoms with Crippen LogP contribution in [-0.4, -0.2) is 60.6 Å². The number of fused-ring (bicyclic) bond motifs is 1. The van der Waals surface area contributed by atoms with Crippen LogP contribution in [0.5, 0.6) is 5.75 Å². The number of nitrogens with two attached hydrogens (primary N) is 2. The van der Waals surface area contributed by atoms with Gasteiger partial charge in [0.15, 0.2) is 11.6 Å². The molecule has 33 heavy (non-hydrogen) atoms. The number of allylic oxidation sites excluding steroid dienone is 1. The van der Waals surface area contributed by atoms with Crippen molar-refractivity contribution in [3.8, 4) is 5.75 Å². The number of hydrogen-bond donors (Lipinski definition) is 2. The van der Waals surface area contributed by atoms with E-state index in [1.54, 1.807) is 7.11 Å². The number of ether oxygens (including phenoxy) is 2. The second kappa shape index (κ2) is 9.93. The maximum Gasteiger partial charge on any atom is 0.387 e. The van der Waals surface area contributed by atoms with Gasteiger partial charge in [-0.05, 0) is 63.5 Å². The Morgan fingerprint density at radius 3 is 2.48 bits per heavy atom. The summed E-state index contributed by atoms with van der Waals surface area (Å²) in [5, 5.41) is 0. The van der Waals surface area contributed by atoms with Crippen LogP contribution in [0.25, 0.3) is 5.70 Å². The summed E-state index contributed by atoms with van der Waals surface area (Å²) < 4.78 is 35.3. The van der Waals surface area contributed by atoms with Crippen molar-refractivity contribution in [1.29, 1.82) is 0 Å². The van der Waals surface area contributed by atoms with Gasteiger partial charge in [-0.3, -0.25) is 4.99 Å². The molecule has 0 aromatic carbocycles. The molecule has 182 valence electrons. The van der Waals surface area contributed by atoms with E-state index in [0.717, 1.165) is 31.6 Å². The van der Waals surface area contributed by atoms with Gasteiger partial charge in [0.2, 0.25) is 0 Å². The first kappa shape index (κ1) is 23.9. The minimum atomic E-state index is -2.98. The van der Waals surface area contributed by atoms with Crippen molar-refractivity contribution in [2.75, 3.05) is 25.9 Å². The average Bonchev–Trinajstić information content (AvgIpc) is 3.27. The minimum absolute atomic E-state index is 0.0970. The first-order valence-electron chi connectivity index (χ1n) is 11.8. The molecule has 4 atom stereocenters. The number of anilines is 1. The molecule has 9 heteroatoms. The highest BCUT2D eigenvalue weighted by Crippen LogP contribution is 2.59. The lowest BCUT2D eigenvalue weighted by Gasteiger charge is -2.36. The van der Waals surface area contributed by atoms with Crippen molar-refractivity contribution >= 4 is 17.2 Å². The maximum atomic E-state index is 12.7. The first-order chi connectivity index (χ1) is 15.8. The van der Waals surface area contributed by atoms with Crippen LogP contribution in [0.15, 0.2) is 23.3 Å². The lowest BCUT2D eigenvalue weighted by atomic mass is 9.98. The zero-order valence-corrected chi connectivity index (χ0v) is 19.6. The van der Waals surface area contributed by atoms with Crippen LogP contribution in [0.3, 0.4) is 0 Å². The van der Waals surface area contributed by atoms with Crippen molar-refractivity contribution in [3.05, 3.63) is 23.9 Å². The second-order valence-electron chi connectivity index (χ2n) is 9.68. The number of pyridine rings is 1. The monoisotopic (exact) mass is 463 g/mol. The number of aliphatic imine (C=N–C) groups is 1. The first-order valence-corrected chi connectivity index (χ1v) is 11.8. The fourth-order valence-electron chi connectivity index (χ4n) is 5.59. The Kier molecular flexibility index (Phi) is 7.19. The Morgan fingerprint density at radius 2 is 1.91 bits per heavy atom. The van der Waals surface area contributed by atoms with Crippen LogP contribution in [0, 0.1) is 17.8 Å². The SMILES string of the molecule is COC1CCN(C2C[C@@H]3C(C(C=C(N)c4cnc(N)c(OC(F)F)c4)=NC(C)C)[C@@H]3C2)CC1. The molecule has 1 saturated heterocycles. The number of methoxy groups -OCH3 is 1. The fraction of sp³-hybridized carbons (Fsp3) is 0.667. The average molecular weight is 464 g/mol. The van der Waals surface area contributed by atoms with Gasteiger partial charge in [0.25, 0.3) is 0 Å². The van der Waals surface area contributed by atoms with E-state index < -0.39 is 6.61 Å². The van der Waals surface area contributed by atoms with E-state index in [4.69, 9.17) is 21.2 Å². The third kappa shape index (κ3) is 5.46. The number of likely N-dealkylation sites (tertiary alicyclic amines) is 1. The maximum absolute atomic E-state index is 12.7. The third-order valence-corrected chi connectivity index (χ3v) is 7.23. The van der Waals surface area contributed by atoms with Gasteiger partial charge in [-0.25, -0.2) is 4.98 Å². The van der Waals surface area contributed by atoms with E-state index in [1.165, 1.54) is 25.1 Å². The number of aromatic nitrogens is 1. The smallest absolute Gasteiger partial charge is 0.387 e. The second-order valence-corrected chi connectivity index (χ2v) is 9.68. The van der Waals surface area contributed by atoms with E-state index in [9.17, 15) is 8.78 Å². The van der Waals surface area contributed by atoms with Gasteiger partial charge in [-0.15, -0.1) is 0 Å². The summed E-state index contributed by atoms with van der Waals surface area (Å²) in [7, 11) is 1.80. The summed E-state index contributed by atoms with van der Waals surface area (Å²) >= 11 is 0. The summed E-state index contributed by atoms with van der Waals surface area (Å²) in [6.45, 7) is 3.33. The van der Waals surface area contributed by atoms with E-state index in [2.05, 4.69) is 14.6 Å². The molecule has 0 spiro atoms. The molecule has 7 nitrogen and oxygen atoms in total. The Labute approximate surface area is 194 Å². The molecular weight excluding hydrogens is 428 g/mol. The number of nitrogen functional groups attached to an aromatic ring is 1.